The molecule has 2 aromatic rings. The van der Waals surface area contributed by atoms with Crippen molar-refractivity contribution >= 4 is 5.69 Å². The van der Waals surface area contributed by atoms with E-state index in [1.54, 1.807) is 12.1 Å². The number of halogens is 1. The van der Waals surface area contributed by atoms with Crippen molar-refractivity contribution in [1.29, 1.82) is 0 Å². The van der Waals surface area contributed by atoms with Crippen molar-refractivity contribution in [2.24, 2.45) is 0 Å². The molecule has 0 saturated carbocycles. The Morgan fingerprint density at radius 2 is 1.76 bits per heavy atom. The summed E-state index contributed by atoms with van der Waals surface area (Å²) in [5, 5.41) is 12.9. The van der Waals surface area contributed by atoms with Crippen LogP contribution in [0.1, 0.15) is 12.5 Å². The van der Waals surface area contributed by atoms with Crippen LogP contribution in [0.3, 0.4) is 0 Å². The van der Waals surface area contributed by atoms with Gasteiger partial charge in [-0.05, 0) is 48.4 Å². The van der Waals surface area contributed by atoms with Gasteiger partial charge in [-0.1, -0.05) is 19.1 Å². The molecule has 0 heterocycles. The number of hydrogen-bond donors (Lipinski definition) is 2. The summed E-state index contributed by atoms with van der Waals surface area (Å²) < 4.78 is 18.3. The van der Waals surface area contributed by atoms with Crippen LogP contribution in [-0.4, -0.2) is 24.4 Å². The molecule has 2 rings (SSSR count). The minimum absolute atomic E-state index is 0.208. The number of anilines is 1. The summed E-state index contributed by atoms with van der Waals surface area (Å²) in [6, 6.07) is 13.8. The summed E-state index contributed by atoms with van der Waals surface area (Å²) in [6.45, 7) is 2.65. The third-order valence-corrected chi connectivity index (χ3v) is 3.16. The molecule has 0 radical (unpaired) electrons. The molecule has 0 aliphatic carbocycles. The second-order valence-electron chi connectivity index (χ2n) is 4.85. The summed E-state index contributed by atoms with van der Waals surface area (Å²) in [4.78, 5) is 0. The van der Waals surface area contributed by atoms with Gasteiger partial charge in [0.1, 0.15) is 24.3 Å². The highest BCUT2D eigenvalue weighted by molar-refractivity contribution is 5.42. The van der Waals surface area contributed by atoms with Crippen LogP contribution >= 0.6 is 0 Å². The van der Waals surface area contributed by atoms with Gasteiger partial charge in [0.25, 0.3) is 0 Å². The third kappa shape index (κ3) is 5.08. The standard InChI is InChI=1S/C17H20FNO2/c1-2-13-3-9-17(10-4-13)21-12-16(20)11-19-15-7-5-14(18)6-8-15/h3-10,16,19-20H,2,11-12H2,1H3. The number of aliphatic hydroxyl groups excluding tert-OH is 1. The minimum Gasteiger partial charge on any atom is -0.491 e. The van der Waals surface area contributed by atoms with E-state index in [-0.39, 0.29) is 12.4 Å². The molecule has 0 bridgehead atoms. The van der Waals surface area contributed by atoms with Crippen molar-refractivity contribution in [2.75, 3.05) is 18.5 Å². The number of hydrogen-bond acceptors (Lipinski definition) is 3. The van der Waals surface area contributed by atoms with Gasteiger partial charge < -0.3 is 15.2 Å². The molecule has 0 aromatic heterocycles. The summed E-state index contributed by atoms with van der Waals surface area (Å²) in [5.74, 6) is 0.466. The first kappa shape index (κ1) is 15.3. The van der Waals surface area contributed by atoms with Crippen molar-refractivity contribution < 1.29 is 14.2 Å². The number of nitrogens with one attached hydrogen (secondary N) is 1. The maximum atomic E-state index is 12.8. The molecule has 0 amide bonds. The van der Waals surface area contributed by atoms with E-state index in [1.807, 2.05) is 24.3 Å². The van der Waals surface area contributed by atoms with Gasteiger partial charge in [0, 0.05) is 12.2 Å². The summed E-state index contributed by atoms with van der Waals surface area (Å²) in [5.41, 5.74) is 2.02. The lowest BCUT2D eigenvalue weighted by atomic mass is 10.2. The molecule has 0 spiro atoms. The highest BCUT2D eigenvalue weighted by Crippen LogP contribution is 2.13. The molecule has 0 saturated heterocycles. The molecule has 4 heteroatoms. The van der Waals surface area contributed by atoms with Gasteiger partial charge >= 0.3 is 0 Å². The molecule has 0 aliphatic rings. The number of aryl methyl sites for hydroxylation is 1. The zero-order valence-electron chi connectivity index (χ0n) is 12.1. The molecule has 21 heavy (non-hydrogen) atoms. The highest BCUT2D eigenvalue weighted by Gasteiger charge is 2.05. The zero-order valence-corrected chi connectivity index (χ0v) is 12.1. The van der Waals surface area contributed by atoms with Crippen LogP contribution in [-0.2, 0) is 6.42 Å². The van der Waals surface area contributed by atoms with Crippen LogP contribution in [0.4, 0.5) is 10.1 Å². The average Bonchev–Trinajstić information content (AvgIpc) is 2.53. The average molecular weight is 289 g/mol. The van der Waals surface area contributed by atoms with Crippen molar-refractivity contribution in [3.05, 3.63) is 59.9 Å². The molecular weight excluding hydrogens is 269 g/mol. The normalized spacial score (nSPS) is 12.0. The van der Waals surface area contributed by atoms with Crippen molar-refractivity contribution in [2.45, 2.75) is 19.4 Å². The van der Waals surface area contributed by atoms with E-state index in [0.29, 0.717) is 6.54 Å². The van der Waals surface area contributed by atoms with E-state index in [0.717, 1.165) is 17.9 Å². The van der Waals surface area contributed by atoms with Gasteiger partial charge in [0.2, 0.25) is 0 Å². The molecule has 0 aliphatic heterocycles. The molecule has 112 valence electrons. The van der Waals surface area contributed by atoms with Crippen LogP contribution in [0.2, 0.25) is 0 Å². The van der Waals surface area contributed by atoms with E-state index in [9.17, 15) is 9.50 Å². The Labute approximate surface area is 124 Å². The molecule has 2 N–H and O–H groups in total. The molecule has 3 nitrogen and oxygen atoms in total. The lowest BCUT2D eigenvalue weighted by Crippen LogP contribution is -2.26. The van der Waals surface area contributed by atoms with Gasteiger partial charge in [0.05, 0.1) is 0 Å². The van der Waals surface area contributed by atoms with E-state index >= 15 is 0 Å². The lowest BCUT2D eigenvalue weighted by molar-refractivity contribution is 0.117. The lowest BCUT2D eigenvalue weighted by Gasteiger charge is -2.14. The first-order chi connectivity index (χ1) is 10.2. The Hall–Kier alpha value is -2.07. The van der Waals surface area contributed by atoms with E-state index in [1.165, 1.54) is 17.7 Å². The summed E-state index contributed by atoms with van der Waals surface area (Å²) >= 11 is 0. The van der Waals surface area contributed by atoms with Crippen LogP contribution in [0.25, 0.3) is 0 Å². The van der Waals surface area contributed by atoms with Gasteiger partial charge in [-0.2, -0.15) is 0 Å². The van der Waals surface area contributed by atoms with Gasteiger partial charge in [0.15, 0.2) is 0 Å². The number of aliphatic hydroxyl groups is 1. The number of ether oxygens (including phenoxy) is 1. The monoisotopic (exact) mass is 289 g/mol. The first-order valence-corrected chi connectivity index (χ1v) is 7.06. The maximum absolute atomic E-state index is 12.8. The topological polar surface area (TPSA) is 41.5 Å². The van der Waals surface area contributed by atoms with Crippen LogP contribution < -0.4 is 10.1 Å². The van der Waals surface area contributed by atoms with Crippen molar-refractivity contribution in [3.63, 3.8) is 0 Å². The Kier molecular flexibility index (Phi) is 5.58. The molecule has 1 atom stereocenters. The minimum atomic E-state index is -0.638. The fraction of sp³-hybridized carbons (Fsp3) is 0.294. The fourth-order valence-electron chi connectivity index (χ4n) is 1.88. The van der Waals surface area contributed by atoms with Gasteiger partial charge in [-0.25, -0.2) is 4.39 Å². The van der Waals surface area contributed by atoms with Crippen LogP contribution in [0.5, 0.6) is 5.75 Å². The van der Waals surface area contributed by atoms with Crippen molar-refractivity contribution in [1.82, 2.24) is 0 Å². The maximum Gasteiger partial charge on any atom is 0.123 e. The molecule has 2 aromatic carbocycles. The van der Waals surface area contributed by atoms with Gasteiger partial charge in [-0.15, -0.1) is 0 Å². The molecule has 1 unspecified atom stereocenters. The Morgan fingerprint density at radius 1 is 1.10 bits per heavy atom. The SMILES string of the molecule is CCc1ccc(OCC(O)CNc2ccc(F)cc2)cc1. The third-order valence-electron chi connectivity index (χ3n) is 3.16. The second-order valence-corrected chi connectivity index (χ2v) is 4.85. The van der Waals surface area contributed by atoms with Crippen LogP contribution in [0.15, 0.2) is 48.5 Å². The van der Waals surface area contributed by atoms with E-state index < -0.39 is 6.10 Å². The smallest absolute Gasteiger partial charge is 0.123 e. The van der Waals surface area contributed by atoms with Gasteiger partial charge in [-0.3, -0.25) is 0 Å². The number of rotatable bonds is 7. The fourth-order valence-corrected chi connectivity index (χ4v) is 1.88. The largest absolute Gasteiger partial charge is 0.491 e. The quantitative estimate of drug-likeness (QED) is 0.822. The van der Waals surface area contributed by atoms with Crippen LogP contribution in [0, 0.1) is 5.82 Å². The second kappa shape index (κ2) is 7.64. The predicted molar refractivity (Wildman–Crippen MR) is 82.2 cm³/mol. The Morgan fingerprint density at radius 3 is 2.38 bits per heavy atom. The molecule has 0 fully saturated rings. The first-order valence-electron chi connectivity index (χ1n) is 7.06. The predicted octanol–water partition coefficient (Wildman–Crippen LogP) is 3.24. The van der Waals surface area contributed by atoms with E-state index in [4.69, 9.17) is 4.74 Å². The zero-order chi connectivity index (χ0) is 15.1. The highest BCUT2D eigenvalue weighted by atomic mass is 19.1. The molecular formula is C17H20FNO2. The van der Waals surface area contributed by atoms with Crippen molar-refractivity contribution in [3.8, 4) is 5.75 Å². The summed E-state index contributed by atoms with van der Waals surface area (Å²) in [6.07, 6.45) is 0.353. The summed E-state index contributed by atoms with van der Waals surface area (Å²) in [7, 11) is 0. The Bertz CT molecular complexity index is 540. The van der Waals surface area contributed by atoms with E-state index in [2.05, 4.69) is 12.2 Å². The number of benzene rings is 2. The Balaban J connectivity index is 1.73.